The standard InChI is InChI=1S/C12H20N4O2/c1-16-4-2-8(3-5-16)10-7-14-12(15-10)9(13)6-11(17)18/h7-9H,2-6,13H2,1H3,(H,14,15)(H,17,18). The van der Waals surface area contributed by atoms with Crippen LogP contribution < -0.4 is 5.73 Å². The van der Waals surface area contributed by atoms with E-state index in [1.54, 1.807) is 6.20 Å². The fourth-order valence-electron chi connectivity index (χ4n) is 2.35. The minimum Gasteiger partial charge on any atom is -0.481 e. The van der Waals surface area contributed by atoms with Crippen LogP contribution in [0.5, 0.6) is 0 Å². The predicted molar refractivity (Wildman–Crippen MR) is 67.2 cm³/mol. The summed E-state index contributed by atoms with van der Waals surface area (Å²) in [5.74, 6) is 0.158. The zero-order valence-corrected chi connectivity index (χ0v) is 10.6. The fraction of sp³-hybridized carbons (Fsp3) is 0.667. The molecule has 1 aromatic heterocycles. The number of aromatic amines is 1. The molecule has 0 aromatic carbocycles. The maximum atomic E-state index is 10.6. The quantitative estimate of drug-likeness (QED) is 0.733. The third-order valence-corrected chi connectivity index (χ3v) is 3.52. The van der Waals surface area contributed by atoms with E-state index >= 15 is 0 Å². The average Bonchev–Trinajstić information content (AvgIpc) is 2.78. The number of hydrogen-bond acceptors (Lipinski definition) is 4. The Bertz CT molecular complexity index is 410. The van der Waals surface area contributed by atoms with Crippen LogP contribution in [0.3, 0.4) is 0 Å². The van der Waals surface area contributed by atoms with E-state index in [-0.39, 0.29) is 6.42 Å². The Hall–Kier alpha value is -1.40. The van der Waals surface area contributed by atoms with Crippen molar-refractivity contribution in [3.8, 4) is 0 Å². The van der Waals surface area contributed by atoms with E-state index in [2.05, 4.69) is 21.9 Å². The molecule has 1 aliphatic heterocycles. The zero-order valence-electron chi connectivity index (χ0n) is 10.6. The topological polar surface area (TPSA) is 95.2 Å². The van der Waals surface area contributed by atoms with Crippen LogP contribution in [0.1, 0.15) is 42.7 Å². The van der Waals surface area contributed by atoms with E-state index in [0.717, 1.165) is 31.6 Å². The van der Waals surface area contributed by atoms with Crippen molar-refractivity contribution in [3.05, 3.63) is 17.7 Å². The number of carboxylic acids is 1. The number of aromatic nitrogens is 2. The summed E-state index contributed by atoms with van der Waals surface area (Å²) in [5, 5.41) is 8.70. The van der Waals surface area contributed by atoms with Crippen molar-refractivity contribution in [2.45, 2.75) is 31.2 Å². The van der Waals surface area contributed by atoms with E-state index in [4.69, 9.17) is 10.8 Å². The van der Waals surface area contributed by atoms with Crippen molar-refractivity contribution >= 4 is 5.97 Å². The van der Waals surface area contributed by atoms with Crippen LogP contribution in [-0.4, -0.2) is 46.1 Å². The summed E-state index contributed by atoms with van der Waals surface area (Å²) in [7, 11) is 2.12. The summed E-state index contributed by atoms with van der Waals surface area (Å²) in [6.45, 7) is 2.17. The molecular weight excluding hydrogens is 232 g/mol. The monoisotopic (exact) mass is 252 g/mol. The molecule has 1 fully saturated rings. The van der Waals surface area contributed by atoms with Crippen LogP contribution in [0.4, 0.5) is 0 Å². The Labute approximate surface area is 106 Å². The largest absolute Gasteiger partial charge is 0.481 e. The molecule has 0 aliphatic carbocycles. The van der Waals surface area contributed by atoms with Crippen molar-refractivity contribution in [1.29, 1.82) is 0 Å². The molecule has 0 bridgehead atoms. The lowest BCUT2D eigenvalue weighted by atomic mass is 9.94. The molecule has 0 radical (unpaired) electrons. The predicted octanol–water partition coefficient (Wildman–Crippen LogP) is 0.693. The lowest BCUT2D eigenvalue weighted by Gasteiger charge is -2.28. The van der Waals surface area contributed by atoms with Gasteiger partial charge in [-0.25, -0.2) is 4.98 Å². The minimum absolute atomic E-state index is 0.0969. The Morgan fingerprint density at radius 1 is 1.67 bits per heavy atom. The molecule has 1 saturated heterocycles. The molecule has 1 aromatic rings. The summed E-state index contributed by atoms with van der Waals surface area (Å²) in [5.41, 5.74) is 6.86. The van der Waals surface area contributed by atoms with Gasteiger partial charge in [0.05, 0.1) is 12.5 Å². The van der Waals surface area contributed by atoms with E-state index in [0.29, 0.717) is 11.7 Å². The van der Waals surface area contributed by atoms with Crippen LogP contribution in [0, 0.1) is 0 Å². The molecule has 4 N–H and O–H groups in total. The number of piperidine rings is 1. The maximum absolute atomic E-state index is 10.6. The number of nitrogens with two attached hydrogens (primary N) is 1. The van der Waals surface area contributed by atoms with Gasteiger partial charge in [-0.2, -0.15) is 0 Å². The number of carbonyl (C=O) groups is 1. The van der Waals surface area contributed by atoms with Gasteiger partial charge in [-0.15, -0.1) is 0 Å². The summed E-state index contributed by atoms with van der Waals surface area (Å²) in [6, 6.07) is -0.553. The Morgan fingerprint density at radius 2 is 2.33 bits per heavy atom. The highest BCUT2D eigenvalue weighted by Gasteiger charge is 2.21. The number of aliphatic carboxylic acids is 1. The smallest absolute Gasteiger partial charge is 0.305 e. The van der Waals surface area contributed by atoms with Crippen LogP contribution in [0.15, 0.2) is 6.20 Å². The van der Waals surface area contributed by atoms with Crippen molar-refractivity contribution in [2.24, 2.45) is 5.73 Å². The molecule has 2 heterocycles. The lowest BCUT2D eigenvalue weighted by molar-refractivity contribution is -0.137. The molecule has 0 saturated carbocycles. The third kappa shape index (κ3) is 3.08. The first-order chi connectivity index (χ1) is 8.56. The third-order valence-electron chi connectivity index (χ3n) is 3.52. The molecule has 1 atom stereocenters. The summed E-state index contributed by atoms with van der Waals surface area (Å²) in [4.78, 5) is 20.3. The van der Waals surface area contributed by atoms with Gasteiger partial charge in [0.2, 0.25) is 0 Å². The molecule has 0 amide bonds. The highest BCUT2D eigenvalue weighted by atomic mass is 16.4. The summed E-state index contributed by atoms with van der Waals surface area (Å²) < 4.78 is 0. The molecule has 18 heavy (non-hydrogen) atoms. The van der Waals surface area contributed by atoms with Gasteiger partial charge in [-0.05, 0) is 33.0 Å². The fourth-order valence-corrected chi connectivity index (χ4v) is 2.35. The van der Waals surface area contributed by atoms with E-state index in [1.807, 2.05) is 0 Å². The summed E-state index contributed by atoms with van der Waals surface area (Å²) in [6.07, 6.45) is 3.91. The molecule has 2 rings (SSSR count). The maximum Gasteiger partial charge on any atom is 0.305 e. The average molecular weight is 252 g/mol. The molecular formula is C12H20N4O2. The van der Waals surface area contributed by atoms with Crippen LogP contribution in [0.25, 0.3) is 0 Å². The van der Waals surface area contributed by atoms with E-state index in [1.165, 1.54) is 0 Å². The highest BCUT2D eigenvalue weighted by Crippen LogP contribution is 2.26. The number of rotatable bonds is 4. The van der Waals surface area contributed by atoms with Gasteiger partial charge in [-0.1, -0.05) is 0 Å². The second kappa shape index (κ2) is 5.49. The number of nitrogens with zero attached hydrogens (tertiary/aromatic N) is 2. The van der Waals surface area contributed by atoms with Crippen molar-refractivity contribution < 1.29 is 9.90 Å². The van der Waals surface area contributed by atoms with Gasteiger partial charge in [0.25, 0.3) is 0 Å². The van der Waals surface area contributed by atoms with Crippen molar-refractivity contribution in [3.63, 3.8) is 0 Å². The lowest BCUT2D eigenvalue weighted by Crippen LogP contribution is -2.29. The molecule has 1 aliphatic rings. The van der Waals surface area contributed by atoms with Gasteiger partial charge >= 0.3 is 5.97 Å². The molecule has 6 heteroatoms. The number of likely N-dealkylation sites (tertiary alicyclic amines) is 1. The number of imidazole rings is 1. The van der Waals surface area contributed by atoms with Crippen LogP contribution in [0.2, 0.25) is 0 Å². The molecule has 100 valence electrons. The zero-order chi connectivity index (χ0) is 13.1. The van der Waals surface area contributed by atoms with E-state index < -0.39 is 12.0 Å². The van der Waals surface area contributed by atoms with E-state index in [9.17, 15) is 4.79 Å². The van der Waals surface area contributed by atoms with Gasteiger partial charge in [0, 0.05) is 17.8 Å². The minimum atomic E-state index is -0.903. The first-order valence-electron chi connectivity index (χ1n) is 6.27. The molecule has 1 unspecified atom stereocenters. The number of carboxylic acid groups (broad SMARTS) is 1. The number of H-pyrrole nitrogens is 1. The Morgan fingerprint density at radius 3 is 2.94 bits per heavy atom. The summed E-state index contributed by atoms with van der Waals surface area (Å²) >= 11 is 0. The van der Waals surface area contributed by atoms with Crippen molar-refractivity contribution in [2.75, 3.05) is 20.1 Å². The molecule has 0 spiro atoms. The first kappa shape index (κ1) is 13.0. The van der Waals surface area contributed by atoms with Crippen molar-refractivity contribution in [1.82, 2.24) is 14.9 Å². The second-order valence-electron chi connectivity index (χ2n) is 5.01. The number of hydrogen-bond donors (Lipinski definition) is 3. The van der Waals surface area contributed by atoms with Crippen LogP contribution >= 0.6 is 0 Å². The second-order valence-corrected chi connectivity index (χ2v) is 5.01. The van der Waals surface area contributed by atoms with Gasteiger partial charge in [-0.3, -0.25) is 4.79 Å². The van der Waals surface area contributed by atoms with Gasteiger partial charge in [0.15, 0.2) is 0 Å². The molecule has 6 nitrogen and oxygen atoms in total. The van der Waals surface area contributed by atoms with Crippen LogP contribution in [-0.2, 0) is 4.79 Å². The highest BCUT2D eigenvalue weighted by molar-refractivity contribution is 5.67. The first-order valence-corrected chi connectivity index (χ1v) is 6.27. The van der Waals surface area contributed by atoms with Gasteiger partial charge < -0.3 is 20.7 Å². The Balaban J connectivity index is 1.99. The SMILES string of the molecule is CN1CCC(c2cnc(C(N)CC(=O)O)[nH]2)CC1. The van der Waals surface area contributed by atoms with Gasteiger partial charge in [0.1, 0.15) is 5.82 Å². The Kier molecular flexibility index (Phi) is 3.98. The normalized spacial score (nSPS) is 19.9. The number of nitrogens with one attached hydrogen (secondary N) is 1.